The van der Waals surface area contributed by atoms with E-state index < -0.39 is 10.0 Å². The van der Waals surface area contributed by atoms with Crippen LogP contribution in [0.5, 0.6) is 0 Å². The lowest BCUT2D eigenvalue weighted by Gasteiger charge is -2.34. The molecule has 1 aromatic heterocycles. The highest BCUT2D eigenvalue weighted by Crippen LogP contribution is 2.26. The smallest absolute Gasteiger partial charge is 0.319 e. The van der Waals surface area contributed by atoms with Crippen molar-refractivity contribution in [1.29, 1.82) is 0 Å². The van der Waals surface area contributed by atoms with Gasteiger partial charge in [0.1, 0.15) is 0 Å². The molecule has 0 saturated carbocycles. The number of piperazine rings is 1. The van der Waals surface area contributed by atoms with Crippen molar-refractivity contribution in [2.24, 2.45) is 0 Å². The van der Waals surface area contributed by atoms with Crippen LogP contribution >= 0.6 is 22.9 Å². The minimum Gasteiger partial charge on any atom is -0.331 e. The number of sulfonamides is 1. The molecule has 0 unspecified atom stereocenters. The van der Waals surface area contributed by atoms with Crippen molar-refractivity contribution in [3.8, 4) is 0 Å². The van der Waals surface area contributed by atoms with Crippen molar-refractivity contribution in [1.82, 2.24) is 19.1 Å². The lowest BCUT2D eigenvalue weighted by Crippen LogP contribution is -2.52. The zero-order valence-corrected chi connectivity index (χ0v) is 13.5. The maximum atomic E-state index is 12.3. The van der Waals surface area contributed by atoms with Crippen molar-refractivity contribution in [3.05, 3.63) is 10.7 Å². The largest absolute Gasteiger partial charge is 0.331 e. The van der Waals surface area contributed by atoms with Crippen LogP contribution in [0.4, 0.5) is 4.79 Å². The van der Waals surface area contributed by atoms with Crippen LogP contribution in [0.2, 0.25) is 4.47 Å². The summed E-state index contributed by atoms with van der Waals surface area (Å²) < 4.78 is 26.4. The first-order valence-electron chi connectivity index (χ1n) is 5.90. The number of halogens is 1. The third-order valence-electron chi connectivity index (χ3n) is 2.94. The van der Waals surface area contributed by atoms with Gasteiger partial charge in [-0.2, -0.15) is 4.31 Å². The number of aromatic nitrogens is 1. The summed E-state index contributed by atoms with van der Waals surface area (Å²) in [6, 6.07) is -0.108. The molecule has 0 aliphatic carbocycles. The molecule has 1 aliphatic heterocycles. The predicted octanol–water partition coefficient (Wildman–Crippen LogP) is 0.784. The van der Waals surface area contributed by atoms with E-state index in [1.807, 2.05) is 0 Å². The Morgan fingerprint density at radius 1 is 1.35 bits per heavy atom. The molecule has 20 heavy (non-hydrogen) atoms. The van der Waals surface area contributed by atoms with E-state index in [0.717, 1.165) is 11.3 Å². The fourth-order valence-corrected chi connectivity index (χ4v) is 4.76. The minimum atomic E-state index is -3.56. The molecule has 1 saturated heterocycles. The zero-order chi connectivity index (χ0) is 14.9. The molecule has 2 amide bonds. The monoisotopic (exact) mass is 338 g/mol. The van der Waals surface area contributed by atoms with E-state index in [1.165, 1.54) is 15.4 Å². The van der Waals surface area contributed by atoms with Crippen LogP contribution in [0.3, 0.4) is 0 Å². The number of amides is 2. The van der Waals surface area contributed by atoms with Crippen LogP contribution in [0.15, 0.2) is 10.4 Å². The number of nitrogens with zero attached hydrogens (tertiary/aromatic N) is 4. The standard InChI is InChI=1S/C10H15ClN4O3S2/c1-13(2)10(16)14-3-5-15(6-4-14)20(17,18)8-7-12-9(11)19-8/h7H,3-6H2,1-2H3. The topological polar surface area (TPSA) is 73.8 Å². The van der Waals surface area contributed by atoms with Gasteiger partial charge in [0, 0.05) is 40.3 Å². The first-order valence-corrected chi connectivity index (χ1v) is 8.53. The molecule has 2 rings (SSSR count). The van der Waals surface area contributed by atoms with Gasteiger partial charge in [-0.15, -0.1) is 0 Å². The van der Waals surface area contributed by atoms with Crippen molar-refractivity contribution < 1.29 is 13.2 Å². The number of hydrogen-bond acceptors (Lipinski definition) is 5. The van der Waals surface area contributed by atoms with E-state index in [9.17, 15) is 13.2 Å². The number of carbonyl (C=O) groups excluding carboxylic acids is 1. The van der Waals surface area contributed by atoms with Crippen LogP contribution in [0.1, 0.15) is 0 Å². The molecular weight excluding hydrogens is 324 g/mol. The molecule has 0 spiro atoms. The van der Waals surface area contributed by atoms with Crippen molar-refractivity contribution >= 4 is 39.0 Å². The second-order valence-corrected chi connectivity index (χ2v) is 8.28. The zero-order valence-electron chi connectivity index (χ0n) is 11.1. The number of hydrogen-bond donors (Lipinski definition) is 0. The normalized spacial score (nSPS) is 17.2. The Labute approximate surface area is 126 Å². The molecule has 112 valence electrons. The van der Waals surface area contributed by atoms with Crippen molar-refractivity contribution in [2.45, 2.75) is 4.21 Å². The molecule has 0 atom stereocenters. The van der Waals surface area contributed by atoms with Crippen LogP contribution in [0.25, 0.3) is 0 Å². The predicted molar refractivity (Wildman–Crippen MR) is 76.5 cm³/mol. The average Bonchev–Trinajstić information content (AvgIpc) is 2.85. The van der Waals surface area contributed by atoms with Crippen LogP contribution in [-0.2, 0) is 10.0 Å². The third-order valence-corrected chi connectivity index (χ3v) is 6.39. The van der Waals surface area contributed by atoms with Crippen LogP contribution < -0.4 is 0 Å². The first-order chi connectivity index (χ1) is 9.32. The van der Waals surface area contributed by atoms with Gasteiger partial charge in [0.15, 0.2) is 8.68 Å². The summed E-state index contributed by atoms with van der Waals surface area (Å²) in [5.41, 5.74) is 0. The van der Waals surface area contributed by atoms with E-state index in [0.29, 0.717) is 13.1 Å². The molecule has 0 bridgehead atoms. The van der Waals surface area contributed by atoms with Gasteiger partial charge in [0.05, 0.1) is 6.20 Å². The Kier molecular flexibility index (Phi) is 4.52. The van der Waals surface area contributed by atoms with Crippen molar-refractivity contribution in [2.75, 3.05) is 40.3 Å². The molecule has 0 radical (unpaired) electrons. The van der Waals surface area contributed by atoms with Gasteiger partial charge >= 0.3 is 6.03 Å². The van der Waals surface area contributed by atoms with E-state index >= 15 is 0 Å². The number of carbonyl (C=O) groups is 1. The number of rotatable bonds is 2. The molecule has 0 N–H and O–H groups in total. The van der Waals surface area contributed by atoms with Gasteiger partial charge in [0.2, 0.25) is 0 Å². The van der Waals surface area contributed by atoms with Gasteiger partial charge in [0.25, 0.3) is 10.0 Å². The lowest BCUT2D eigenvalue weighted by molar-refractivity contribution is 0.149. The number of thiazole rings is 1. The summed E-state index contributed by atoms with van der Waals surface area (Å²) >= 11 is 6.61. The van der Waals surface area contributed by atoms with E-state index in [4.69, 9.17) is 11.6 Å². The van der Waals surface area contributed by atoms with Gasteiger partial charge in [-0.25, -0.2) is 18.2 Å². The maximum Gasteiger partial charge on any atom is 0.319 e. The van der Waals surface area contributed by atoms with Gasteiger partial charge < -0.3 is 9.80 Å². The minimum absolute atomic E-state index is 0.108. The Bertz CT molecular complexity index is 593. The second kappa shape index (κ2) is 5.84. The summed E-state index contributed by atoms with van der Waals surface area (Å²) in [7, 11) is -0.214. The molecule has 2 heterocycles. The molecule has 1 fully saturated rings. The second-order valence-electron chi connectivity index (χ2n) is 4.50. The van der Waals surface area contributed by atoms with Crippen LogP contribution in [0, 0.1) is 0 Å². The molecule has 0 aromatic carbocycles. The van der Waals surface area contributed by atoms with Crippen molar-refractivity contribution in [3.63, 3.8) is 0 Å². The van der Waals surface area contributed by atoms with Gasteiger partial charge in [-0.1, -0.05) is 22.9 Å². The van der Waals surface area contributed by atoms with Gasteiger partial charge in [-0.05, 0) is 0 Å². The Morgan fingerprint density at radius 3 is 2.40 bits per heavy atom. The highest BCUT2D eigenvalue weighted by atomic mass is 35.5. The van der Waals surface area contributed by atoms with Crippen LogP contribution in [-0.4, -0.2) is 73.8 Å². The molecule has 10 heteroatoms. The fourth-order valence-electron chi connectivity index (χ4n) is 1.89. The Hall–Kier alpha value is -0.900. The lowest BCUT2D eigenvalue weighted by atomic mass is 10.4. The summed E-state index contributed by atoms with van der Waals surface area (Å²) in [5.74, 6) is 0. The molecule has 7 nitrogen and oxygen atoms in total. The highest BCUT2D eigenvalue weighted by molar-refractivity contribution is 7.91. The molecule has 1 aromatic rings. The van der Waals surface area contributed by atoms with E-state index in [1.54, 1.807) is 19.0 Å². The SMILES string of the molecule is CN(C)C(=O)N1CCN(S(=O)(=O)c2cnc(Cl)s2)CC1. The first kappa shape index (κ1) is 15.5. The summed E-state index contributed by atoms with van der Waals surface area (Å²) in [6.07, 6.45) is 1.26. The van der Waals surface area contributed by atoms with Gasteiger partial charge in [-0.3, -0.25) is 0 Å². The molecular formula is C10H15ClN4O3S2. The number of urea groups is 1. The fraction of sp³-hybridized carbons (Fsp3) is 0.600. The summed E-state index contributed by atoms with van der Waals surface area (Å²) in [5, 5.41) is 0. The average molecular weight is 339 g/mol. The van der Waals surface area contributed by atoms with E-state index in [2.05, 4.69) is 4.98 Å². The third kappa shape index (κ3) is 3.05. The highest BCUT2D eigenvalue weighted by Gasteiger charge is 2.31. The molecule has 1 aliphatic rings. The summed E-state index contributed by atoms with van der Waals surface area (Å²) in [6.45, 7) is 1.31. The quantitative estimate of drug-likeness (QED) is 0.799. The maximum absolute atomic E-state index is 12.3. The summed E-state index contributed by atoms with van der Waals surface area (Å²) in [4.78, 5) is 18.6. The Morgan fingerprint density at radius 2 is 1.95 bits per heavy atom. The Balaban J connectivity index is 2.05. The van der Waals surface area contributed by atoms with E-state index in [-0.39, 0.29) is 27.8 Å².